The molecule has 0 saturated carbocycles. The Morgan fingerprint density at radius 2 is 1.85 bits per heavy atom. The van der Waals surface area contributed by atoms with Crippen molar-refractivity contribution in [3.8, 4) is 0 Å². The Morgan fingerprint density at radius 1 is 1.15 bits per heavy atom. The zero-order valence-electron chi connectivity index (χ0n) is 19.2. The number of nitrogens with zero attached hydrogens (tertiary/aromatic N) is 2. The van der Waals surface area contributed by atoms with Gasteiger partial charge in [0.2, 0.25) is 0 Å². The van der Waals surface area contributed by atoms with Crippen molar-refractivity contribution < 1.29 is 28.7 Å². The predicted octanol–water partition coefficient (Wildman–Crippen LogP) is 3.68. The number of aryl methyl sites for hydroxylation is 1. The fourth-order valence-corrected chi connectivity index (χ4v) is 4.67. The molecule has 8 nitrogen and oxygen atoms in total. The summed E-state index contributed by atoms with van der Waals surface area (Å²) in [6.07, 6.45) is -0.423. The molecule has 0 aliphatic carbocycles. The van der Waals surface area contributed by atoms with Gasteiger partial charge in [-0.25, -0.2) is 9.59 Å². The maximum absolute atomic E-state index is 13.5. The lowest BCUT2D eigenvalue weighted by atomic mass is 9.92. The van der Waals surface area contributed by atoms with Crippen molar-refractivity contribution in [2.24, 2.45) is 5.92 Å². The summed E-state index contributed by atoms with van der Waals surface area (Å²) in [7, 11) is -4.49. The van der Waals surface area contributed by atoms with E-state index in [-0.39, 0.29) is 32.0 Å². The van der Waals surface area contributed by atoms with Crippen LogP contribution in [0.1, 0.15) is 36.1 Å². The molecular weight excluding hydrogens is 443 g/mol. The van der Waals surface area contributed by atoms with E-state index < -0.39 is 31.9 Å². The standard InChI is InChI=1S/C24H31N2O6P/c1-17(2)13-25(16-33(29,30)31)24(28)26-14-21-11-18(3)9-10-20(21)12-22(26)23(27)32-15-19-7-5-4-6-8-19/h4-11,17,22H,12-16H2,1-3H3,(H2,29,30,31). The minimum Gasteiger partial charge on any atom is -0.459 e. The van der Waals surface area contributed by atoms with E-state index in [1.165, 1.54) is 4.90 Å². The number of rotatable bonds is 7. The molecule has 33 heavy (non-hydrogen) atoms. The fraction of sp³-hybridized carbons (Fsp3) is 0.417. The molecule has 3 rings (SSSR count). The normalized spacial score (nSPS) is 15.8. The smallest absolute Gasteiger partial charge is 0.344 e. The first-order chi connectivity index (χ1) is 15.5. The molecule has 1 heterocycles. The van der Waals surface area contributed by atoms with Gasteiger partial charge in [0.1, 0.15) is 18.9 Å². The maximum atomic E-state index is 13.5. The van der Waals surface area contributed by atoms with Gasteiger partial charge >= 0.3 is 19.6 Å². The van der Waals surface area contributed by atoms with Crippen molar-refractivity contribution in [1.82, 2.24) is 9.80 Å². The number of carbonyl (C=O) groups excluding carboxylic acids is 2. The van der Waals surface area contributed by atoms with Gasteiger partial charge in [0, 0.05) is 19.5 Å². The molecule has 0 bridgehead atoms. The molecule has 2 aromatic carbocycles. The maximum Gasteiger partial charge on any atom is 0.344 e. The average Bonchev–Trinajstić information content (AvgIpc) is 2.75. The molecule has 1 atom stereocenters. The summed E-state index contributed by atoms with van der Waals surface area (Å²) >= 11 is 0. The molecule has 2 aromatic rings. The number of carbonyl (C=O) groups is 2. The van der Waals surface area contributed by atoms with Crippen molar-refractivity contribution in [2.75, 3.05) is 12.8 Å². The lowest BCUT2D eigenvalue weighted by Gasteiger charge is -2.39. The number of ether oxygens (including phenoxy) is 1. The van der Waals surface area contributed by atoms with Crippen LogP contribution in [-0.4, -0.2) is 50.5 Å². The summed E-state index contributed by atoms with van der Waals surface area (Å²) in [6.45, 7) is 6.08. The third-order valence-electron chi connectivity index (χ3n) is 5.44. The zero-order chi connectivity index (χ0) is 24.2. The molecule has 9 heteroatoms. The van der Waals surface area contributed by atoms with E-state index in [1.54, 1.807) is 0 Å². The lowest BCUT2D eigenvalue weighted by molar-refractivity contribution is -0.151. The molecule has 2 N–H and O–H groups in total. The second kappa shape index (κ2) is 10.5. The van der Waals surface area contributed by atoms with E-state index >= 15 is 0 Å². The topological polar surface area (TPSA) is 107 Å². The first-order valence-corrected chi connectivity index (χ1v) is 12.7. The largest absolute Gasteiger partial charge is 0.459 e. The molecule has 1 aliphatic heterocycles. The van der Waals surface area contributed by atoms with Crippen molar-refractivity contribution in [3.05, 3.63) is 70.8 Å². The summed E-state index contributed by atoms with van der Waals surface area (Å²) < 4.78 is 17.3. The zero-order valence-corrected chi connectivity index (χ0v) is 20.1. The minimum absolute atomic E-state index is 0.0108. The Balaban J connectivity index is 1.88. The van der Waals surface area contributed by atoms with E-state index in [4.69, 9.17) is 4.74 Å². The van der Waals surface area contributed by atoms with Gasteiger partial charge in [0.05, 0.1) is 0 Å². The van der Waals surface area contributed by atoms with Crippen molar-refractivity contribution in [2.45, 2.75) is 46.4 Å². The summed E-state index contributed by atoms with van der Waals surface area (Å²) in [5.41, 5.74) is 3.73. The highest BCUT2D eigenvalue weighted by atomic mass is 31.2. The van der Waals surface area contributed by atoms with Crippen LogP contribution in [0.25, 0.3) is 0 Å². The third kappa shape index (κ3) is 6.90. The number of fused-ring (bicyclic) bond motifs is 1. The first-order valence-electron chi connectivity index (χ1n) is 10.9. The molecule has 0 aromatic heterocycles. The van der Waals surface area contributed by atoms with Crippen LogP contribution in [0, 0.1) is 12.8 Å². The van der Waals surface area contributed by atoms with Crippen molar-refractivity contribution >= 4 is 19.6 Å². The summed E-state index contributed by atoms with van der Waals surface area (Å²) in [6, 6.07) is 13.7. The number of benzene rings is 2. The number of hydrogen-bond donors (Lipinski definition) is 2. The van der Waals surface area contributed by atoms with Gasteiger partial charge in [0.15, 0.2) is 0 Å². The lowest BCUT2D eigenvalue weighted by Crippen LogP contribution is -2.54. The Morgan fingerprint density at radius 3 is 2.48 bits per heavy atom. The van der Waals surface area contributed by atoms with Crippen LogP contribution in [0.5, 0.6) is 0 Å². The fourth-order valence-electron chi connectivity index (χ4n) is 3.99. The molecule has 178 valence electrons. The molecular formula is C24H31N2O6P. The van der Waals surface area contributed by atoms with Gasteiger partial charge in [0.25, 0.3) is 0 Å². The highest BCUT2D eigenvalue weighted by Crippen LogP contribution is 2.36. The third-order valence-corrected chi connectivity index (χ3v) is 6.15. The quantitative estimate of drug-likeness (QED) is 0.468. The van der Waals surface area contributed by atoms with E-state index in [1.807, 2.05) is 69.3 Å². The van der Waals surface area contributed by atoms with Gasteiger partial charge < -0.3 is 24.3 Å². The van der Waals surface area contributed by atoms with Crippen LogP contribution in [0.2, 0.25) is 0 Å². The Kier molecular flexibility index (Phi) is 7.95. The Hall–Kier alpha value is -2.67. The summed E-state index contributed by atoms with van der Waals surface area (Å²) in [5.74, 6) is -0.553. The second-order valence-corrected chi connectivity index (χ2v) is 10.5. The molecule has 2 amide bonds. The predicted molar refractivity (Wildman–Crippen MR) is 124 cm³/mol. The van der Waals surface area contributed by atoms with Gasteiger partial charge in [-0.15, -0.1) is 0 Å². The number of esters is 1. The number of urea groups is 1. The number of amides is 2. The molecule has 0 saturated heterocycles. The van der Waals surface area contributed by atoms with E-state index in [0.717, 1.165) is 27.2 Å². The van der Waals surface area contributed by atoms with Crippen LogP contribution in [-0.2, 0) is 33.7 Å². The van der Waals surface area contributed by atoms with Crippen LogP contribution in [0.15, 0.2) is 48.5 Å². The Labute approximate surface area is 194 Å². The first kappa shape index (κ1) is 25.0. The second-order valence-electron chi connectivity index (χ2n) is 8.92. The number of hydrogen-bond acceptors (Lipinski definition) is 4. The minimum atomic E-state index is -4.49. The molecule has 0 fully saturated rings. The Bertz CT molecular complexity index is 1040. The van der Waals surface area contributed by atoms with Crippen molar-refractivity contribution in [3.63, 3.8) is 0 Å². The van der Waals surface area contributed by atoms with Crippen LogP contribution in [0.4, 0.5) is 4.79 Å². The summed E-state index contributed by atoms with van der Waals surface area (Å²) in [4.78, 5) is 48.2. The molecule has 0 radical (unpaired) electrons. The van der Waals surface area contributed by atoms with Gasteiger partial charge in [-0.1, -0.05) is 67.9 Å². The summed E-state index contributed by atoms with van der Waals surface area (Å²) in [5, 5.41) is 0. The highest BCUT2D eigenvalue weighted by Gasteiger charge is 2.39. The van der Waals surface area contributed by atoms with Crippen LogP contribution < -0.4 is 0 Å². The van der Waals surface area contributed by atoms with E-state index in [0.29, 0.717) is 0 Å². The van der Waals surface area contributed by atoms with Crippen molar-refractivity contribution in [1.29, 1.82) is 0 Å². The monoisotopic (exact) mass is 474 g/mol. The van der Waals surface area contributed by atoms with Crippen LogP contribution in [0.3, 0.4) is 0 Å². The van der Waals surface area contributed by atoms with E-state index in [2.05, 4.69) is 0 Å². The van der Waals surface area contributed by atoms with Gasteiger partial charge in [-0.3, -0.25) is 4.57 Å². The van der Waals surface area contributed by atoms with Gasteiger partial charge in [-0.2, -0.15) is 0 Å². The highest BCUT2D eigenvalue weighted by molar-refractivity contribution is 7.51. The molecule has 1 unspecified atom stereocenters. The average molecular weight is 474 g/mol. The SMILES string of the molecule is Cc1ccc2c(c1)CN(C(=O)N(CC(C)C)CP(=O)(O)O)C(C(=O)OCc1ccccc1)C2. The molecule has 0 spiro atoms. The molecule has 1 aliphatic rings. The van der Waals surface area contributed by atoms with E-state index in [9.17, 15) is 23.9 Å². The van der Waals surface area contributed by atoms with Crippen LogP contribution >= 0.6 is 7.60 Å². The van der Waals surface area contributed by atoms with Gasteiger partial charge in [-0.05, 0) is 29.5 Å².